The van der Waals surface area contributed by atoms with Crippen LogP contribution in [0.4, 0.5) is 10.1 Å². The summed E-state index contributed by atoms with van der Waals surface area (Å²) in [6.07, 6.45) is 1.57. The molecule has 0 saturated carbocycles. The lowest BCUT2D eigenvalue weighted by Crippen LogP contribution is -2.29. The Labute approximate surface area is 129 Å². The fraction of sp³-hybridized carbons (Fsp3) is 0.278. The molecule has 0 unspecified atom stereocenters. The third-order valence-electron chi connectivity index (χ3n) is 4.05. The number of amides is 1. The molecule has 0 spiro atoms. The molecule has 2 aromatic carbocycles. The molecule has 1 aliphatic heterocycles. The predicted octanol–water partition coefficient (Wildman–Crippen LogP) is 3.36. The Kier molecular flexibility index (Phi) is 4.09. The van der Waals surface area contributed by atoms with E-state index in [1.807, 2.05) is 18.2 Å². The van der Waals surface area contributed by atoms with Crippen molar-refractivity contribution in [2.75, 3.05) is 18.6 Å². The zero-order valence-electron chi connectivity index (χ0n) is 12.5. The molecule has 22 heavy (non-hydrogen) atoms. The number of ether oxygens (including phenoxy) is 1. The van der Waals surface area contributed by atoms with E-state index in [1.54, 1.807) is 30.2 Å². The molecule has 0 radical (unpaired) electrons. The first-order valence-electron chi connectivity index (χ1n) is 7.39. The summed E-state index contributed by atoms with van der Waals surface area (Å²) in [6.45, 7) is 0.679. The van der Waals surface area contributed by atoms with Crippen LogP contribution in [0.15, 0.2) is 42.5 Å². The highest BCUT2D eigenvalue weighted by atomic mass is 19.1. The van der Waals surface area contributed by atoms with Gasteiger partial charge in [-0.05, 0) is 48.2 Å². The van der Waals surface area contributed by atoms with Crippen molar-refractivity contribution in [1.82, 2.24) is 0 Å². The van der Waals surface area contributed by atoms with Crippen LogP contribution < -0.4 is 9.64 Å². The normalized spacial score (nSPS) is 13.1. The summed E-state index contributed by atoms with van der Waals surface area (Å²) in [7, 11) is 1.63. The number of nitrogens with zero attached hydrogens (tertiary/aromatic N) is 1. The van der Waals surface area contributed by atoms with Gasteiger partial charge in [-0.3, -0.25) is 4.79 Å². The highest BCUT2D eigenvalue weighted by Crippen LogP contribution is 2.31. The molecule has 2 aromatic rings. The average Bonchev–Trinajstić information content (AvgIpc) is 2.96. The molecule has 3 rings (SSSR count). The van der Waals surface area contributed by atoms with Crippen LogP contribution in [0.1, 0.15) is 17.5 Å². The predicted molar refractivity (Wildman–Crippen MR) is 83.8 cm³/mol. The molecule has 0 aliphatic carbocycles. The van der Waals surface area contributed by atoms with Crippen molar-refractivity contribution < 1.29 is 13.9 Å². The van der Waals surface area contributed by atoms with E-state index in [4.69, 9.17) is 4.74 Å². The van der Waals surface area contributed by atoms with Crippen LogP contribution in [0.3, 0.4) is 0 Å². The Morgan fingerprint density at radius 1 is 1.27 bits per heavy atom. The second-order valence-electron chi connectivity index (χ2n) is 5.38. The Balaban J connectivity index is 1.69. The van der Waals surface area contributed by atoms with Crippen LogP contribution in [0.25, 0.3) is 0 Å². The number of carbonyl (C=O) groups excluding carboxylic acids is 1. The first kappa shape index (κ1) is 14.6. The minimum absolute atomic E-state index is 0.0344. The summed E-state index contributed by atoms with van der Waals surface area (Å²) in [5.74, 6) is 0.591. The number of benzene rings is 2. The summed E-state index contributed by atoms with van der Waals surface area (Å²) in [5, 5.41) is 0. The number of aryl methyl sites for hydroxylation is 1. The number of carbonyl (C=O) groups is 1. The highest BCUT2D eigenvalue weighted by Gasteiger charge is 2.24. The van der Waals surface area contributed by atoms with Gasteiger partial charge < -0.3 is 9.64 Å². The lowest BCUT2D eigenvalue weighted by molar-refractivity contribution is -0.118. The second kappa shape index (κ2) is 6.18. The molecule has 0 saturated heterocycles. The summed E-state index contributed by atoms with van der Waals surface area (Å²) >= 11 is 0. The Morgan fingerprint density at radius 3 is 2.86 bits per heavy atom. The van der Waals surface area contributed by atoms with Crippen LogP contribution in [-0.2, 0) is 17.6 Å². The van der Waals surface area contributed by atoms with E-state index >= 15 is 0 Å². The van der Waals surface area contributed by atoms with E-state index in [1.165, 1.54) is 6.07 Å². The van der Waals surface area contributed by atoms with Gasteiger partial charge in [-0.25, -0.2) is 4.39 Å². The van der Waals surface area contributed by atoms with Crippen LogP contribution in [-0.4, -0.2) is 19.6 Å². The molecule has 1 amide bonds. The number of fused-ring (bicyclic) bond motifs is 1. The fourth-order valence-electron chi connectivity index (χ4n) is 2.84. The van der Waals surface area contributed by atoms with Crippen LogP contribution in [0, 0.1) is 5.82 Å². The first-order valence-corrected chi connectivity index (χ1v) is 7.39. The van der Waals surface area contributed by atoms with Gasteiger partial charge in [0.1, 0.15) is 11.6 Å². The molecule has 0 N–H and O–H groups in total. The summed E-state index contributed by atoms with van der Waals surface area (Å²) in [5.41, 5.74) is 2.66. The molecule has 0 atom stereocenters. The van der Waals surface area contributed by atoms with Gasteiger partial charge in [0, 0.05) is 18.7 Å². The van der Waals surface area contributed by atoms with Gasteiger partial charge in [0.15, 0.2) is 0 Å². The van der Waals surface area contributed by atoms with E-state index in [2.05, 4.69) is 0 Å². The molecule has 3 nitrogen and oxygen atoms in total. The van der Waals surface area contributed by atoms with Crippen molar-refractivity contribution in [2.24, 2.45) is 0 Å². The third kappa shape index (κ3) is 2.82. The standard InChI is InChI=1S/C18H18FNO2/c1-22-15-7-8-17-14(12-15)10-11-20(17)18(21)9-6-13-4-2-3-5-16(13)19/h2-5,7-8,12H,6,9-11H2,1H3. The van der Waals surface area contributed by atoms with Crippen molar-refractivity contribution in [2.45, 2.75) is 19.3 Å². The molecule has 0 fully saturated rings. The van der Waals surface area contributed by atoms with Crippen molar-refractivity contribution in [3.8, 4) is 5.75 Å². The molecular formula is C18H18FNO2. The quantitative estimate of drug-likeness (QED) is 0.866. The molecule has 1 heterocycles. The van der Waals surface area contributed by atoms with Crippen LogP contribution in [0.5, 0.6) is 5.75 Å². The van der Waals surface area contributed by atoms with E-state index < -0.39 is 0 Å². The van der Waals surface area contributed by atoms with Crippen molar-refractivity contribution in [1.29, 1.82) is 0 Å². The summed E-state index contributed by atoms with van der Waals surface area (Å²) in [6, 6.07) is 12.4. The molecule has 0 bridgehead atoms. The van der Waals surface area contributed by atoms with Gasteiger partial charge in [-0.15, -0.1) is 0 Å². The maximum Gasteiger partial charge on any atom is 0.227 e. The topological polar surface area (TPSA) is 29.5 Å². The lowest BCUT2D eigenvalue weighted by atomic mass is 10.1. The van der Waals surface area contributed by atoms with Crippen molar-refractivity contribution >= 4 is 11.6 Å². The Morgan fingerprint density at radius 2 is 2.09 bits per heavy atom. The smallest absolute Gasteiger partial charge is 0.227 e. The van der Waals surface area contributed by atoms with Gasteiger partial charge in [0.05, 0.1) is 7.11 Å². The molecule has 1 aliphatic rings. The third-order valence-corrected chi connectivity index (χ3v) is 4.05. The maximum atomic E-state index is 13.6. The average molecular weight is 299 g/mol. The number of hydrogen-bond acceptors (Lipinski definition) is 2. The number of rotatable bonds is 4. The summed E-state index contributed by atoms with van der Waals surface area (Å²) in [4.78, 5) is 14.2. The molecular weight excluding hydrogens is 281 g/mol. The van der Waals surface area contributed by atoms with Gasteiger partial charge in [0.2, 0.25) is 5.91 Å². The second-order valence-corrected chi connectivity index (χ2v) is 5.38. The van der Waals surface area contributed by atoms with E-state index in [0.29, 0.717) is 24.9 Å². The number of halogens is 1. The van der Waals surface area contributed by atoms with E-state index in [9.17, 15) is 9.18 Å². The van der Waals surface area contributed by atoms with E-state index in [-0.39, 0.29) is 11.7 Å². The fourth-order valence-corrected chi connectivity index (χ4v) is 2.84. The molecule has 114 valence electrons. The monoisotopic (exact) mass is 299 g/mol. The largest absolute Gasteiger partial charge is 0.497 e. The minimum atomic E-state index is -0.248. The van der Waals surface area contributed by atoms with Gasteiger partial charge >= 0.3 is 0 Å². The highest BCUT2D eigenvalue weighted by molar-refractivity contribution is 5.95. The SMILES string of the molecule is COc1ccc2c(c1)CCN2C(=O)CCc1ccccc1F. The van der Waals surface area contributed by atoms with Crippen molar-refractivity contribution in [3.63, 3.8) is 0 Å². The number of anilines is 1. The number of hydrogen-bond donors (Lipinski definition) is 0. The van der Waals surface area contributed by atoms with Gasteiger partial charge in [-0.2, -0.15) is 0 Å². The molecule has 4 heteroatoms. The lowest BCUT2D eigenvalue weighted by Gasteiger charge is -2.17. The van der Waals surface area contributed by atoms with Crippen LogP contribution in [0.2, 0.25) is 0 Å². The zero-order chi connectivity index (χ0) is 15.5. The Bertz CT molecular complexity index is 699. The van der Waals surface area contributed by atoms with Gasteiger partial charge in [0.25, 0.3) is 0 Å². The van der Waals surface area contributed by atoms with Crippen LogP contribution >= 0.6 is 0 Å². The minimum Gasteiger partial charge on any atom is -0.497 e. The first-order chi connectivity index (χ1) is 10.7. The number of methoxy groups -OCH3 is 1. The van der Waals surface area contributed by atoms with Gasteiger partial charge in [-0.1, -0.05) is 18.2 Å². The van der Waals surface area contributed by atoms with Crippen molar-refractivity contribution in [3.05, 3.63) is 59.4 Å². The molecule has 0 aromatic heterocycles. The Hall–Kier alpha value is -2.36. The van der Waals surface area contributed by atoms with E-state index in [0.717, 1.165) is 23.4 Å². The summed E-state index contributed by atoms with van der Waals surface area (Å²) < 4.78 is 18.8. The zero-order valence-corrected chi connectivity index (χ0v) is 12.5. The maximum absolute atomic E-state index is 13.6.